The standard InChI is InChI=1S/C17H27NO3/c1-6-17(3,7-2)18-15(19)12-11-13-9-8-10-14(20-4)16(13)21-5/h8-10H,6-7,11-12H2,1-5H3,(H,18,19). The summed E-state index contributed by atoms with van der Waals surface area (Å²) < 4.78 is 10.7. The minimum atomic E-state index is -0.116. The largest absolute Gasteiger partial charge is 0.493 e. The molecule has 118 valence electrons. The van der Waals surface area contributed by atoms with Crippen molar-refractivity contribution in [2.75, 3.05) is 14.2 Å². The van der Waals surface area contributed by atoms with Crippen LogP contribution in [-0.4, -0.2) is 25.7 Å². The Balaban J connectivity index is 2.69. The molecule has 1 aromatic carbocycles. The fourth-order valence-electron chi connectivity index (χ4n) is 2.22. The number of nitrogens with one attached hydrogen (secondary N) is 1. The van der Waals surface area contributed by atoms with Crippen LogP contribution in [0.4, 0.5) is 0 Å². The summed E-state index contributed by atoms with van der Waals surface area (Å²) in [6.45, 7) is 6.26. The van der Waals surface area contributed by atoms with Gasteiger partial charge >= 0.3 is 0 Å². The van der Waals surface area contributed by atoms with Gasteiger partial charge in [-0.15, -0.1) is 0 Å². The van der Waals surface area contributed by atoms with Crippen LogP contribution < -0.4 is 14.8 Å². The van der Waals surface area contributed by atoms with Crippen molar-refractivity contribution in [1.29, 1.82) is 0 Å². The maximum Gasteiger partial charge on any atom is 0.220 e. The molecule has 0 saturated heterocycles. The van der Waals surface area contributed by atoms with Crippen molar-refractivity contribution in [3.8, 4) is 11.5 Å². The topological polar surface area (TPSA) is 47.6 Å². The third-order valence-corrected chi connectivity index (χ3v) is 4.11. The highest BCUT2D eigenvalue weighted by atomic mass is 16.5. The summed E-state index contributed by atoms with van der Waals surface area (Å²) in [5.74, 6) is 1.48. The Kier molecular flexibility index (Phi) is 6.53. The highest BCUT2D eigenvalue weighted by Gasteiger charge is 2.21. The SMILES string of the molecule is CCC(C)(CC)NC(=O)CCc1cccc(OC)c1OC. The second-order valence-corrected chi connectivity index (χ2v) is 5.47. The predicted molar refractivity (Wildman–Crippen MR) is 85.0 cm³/mol. The lowest BCUT2D eigenvalue weighted by Gasteiger charge is -2.28. The van der Waals surface area contributed by atoms with Crippen molar-refractivity contribution >= 4 is 5.91 Å². The average Bonchev–Trinajstić information content (AvgIpc) is 2.52. The third kappa shape index (κ3) is 4.66. The lowest BCUT2D eigenvalue weighted by Crippen LogP contribution is -2.45. The molecule has 0 saturated carbocycles. The van der Waals surface area contributed by atoms with Gasteiger partial charge in [-0.25, -0.2) is 0 Å². The summed E-state index contributed by atoms with van der Waals surface area (Å²) in [7, 11) is 3.23. The number of amides is 1. The zero-order valence-corrected chi connectivity index (χ0v) is 13.8. The third-order valence-electron chi connectivity index (χ3n) is 4.11. The molecule has 4 nitrogen and oxygen atoms in total. The molecule has 1 amide bonds. The fourth-order valence-corrected chi connectivity index (χ4v) is 2.22. The van der Waals surface area contributed by atoms with Crippen molar-refractivity contribution < 1.29 is 14.3 Å². The molecule has 0 heterocycles. The van der Waals surface area contributed by atoms with E-state index in [2.05, 4.69) is 26.1 Å². The molecule has 21 heavy (non-hydrogen) atoms. The monoisotopic (exact) mass is 293 g/mol. The van der Waals surface area contributed by atoms with Crippen LogP contribution in [0.25, 0.3) is 0 Å². The second kappa shape index (κ2) is 7.91. The Morgan fingerprint density at radius 1 is 1.19 bits per heavy atom. The van der Waals surface area contributed by atoms with Gasteiger partial charge in [-0.3, -0.25) is 4.79 Å². The molecule has 0 radical (unpaired) electrons. The van der Waals surface area contributed by atoms with E-state index in [4.69, 9.17) is 9.47 Å². The maximum absolute atomic E-state index is 12.1. The van der Waals surface area contributed by atoms with Crippen molar-refractivity contribution in [2.24, 2.45) is 0 Å². The van der Waals surface area contributed by atoms with E-state index in [1.165, 1.54) is 0 Å². The molecule has 1 aromatic rings. The number of hydrogen-bond acceptors (Lipinski definition) is 3. The zero-order valence-electron chi connectivity index (χ0n) is 13.8. The molecular weight excluding hydrogens is 266 g/mol. The average molecular weight is 293 g/mol. The van der Waals surface area contributed by atoms with Gasteiger partial charge in [0.15, 0.2) is 11.5 Å². The maximum atomic E-state index is 12.1. The number of aryl methyl sites for hydroxylation is 1. The Morgan fingerprint density at radius 3 is 2.38 bits per heavy atom. The molecule has 0 bridgehead atoms. The number of para-hydroxylation sites is 1. The minimum Gasteiger partial charge on any atom is -0.493 e. The summed E-state index contributed by atoms with van der Waals surface area (Å²) in [4.78, 5) is 12.1. The van der Waals surface area contributed by atoms with Gasteiger partial charge in [0.25, 0.3) is 0 Å². The van der Waals surface area contributed by atoms with E-state index in [9.17, 15) is 4.79 Å². The number of carbonyl (C=O) groups excluding carboxylic acids is 1. The van der Waals surface area contributed by atoms with Gasteiger partial charge in [0.2, 0.25) is 5.91 Å². The van der Waals surface area contributed by atoms with Crippen molar-refractivity contribution in [1.82, 2.24) is 5.32 Å². The van der Waals surface area contributed by atoms with Crippen LogP contribution in [0, 0.1) is 0 Å². The molecule has 0 fully saturated rings. The van der Waals surface area contributed by atoms with Gasteiger partial charge < -0.3 is 14.8 Å². The molecule has 0 spiro atoms. The first-order valence-corrected chi connectivity index (χ1v) is 7.50. The van der Waals surface area contributed by atoms with Crippen LogP contribution in [-0.2, 0) is 11.2 Å². The highest BCUT2D eigenvalue weighted by Crippen LogP contribution is 2.31. The van der Waals surface area contributed by atoms with E-state index in [0.29, 0.717) is 24.3 Å². The predicted octanol–water partition coefficient (Wildman–Crippen LogP) is 3.33. The van der Waals surface area contributed by atoms with Crippen LogP contribution in [0.3, 0.4) is 0 Å². The Labute approximate surface area is 127 Å². The van der Waals surface area contributed by atoms with Gasteiger partial charge in [-0.05, 0) is 37.8 Å². The summed E-state index contributed by atoms with van der Waals surface area (Å²) in [6.07, 6.45) is 2.93. The molecule has 0 aromatic heterocycles. The van der Waals surface area contributed by atoms with Gasteiger partial charge in [-0.2, -0.15) is 0 Å². The van der Waals surface area contributed by atoms with E-state index in [0.717, 1.165) is 18.4 Å². The number of hydrogen-bond donors (Lipinski definition) is 1. The smallest absolute Gasteiger partial charge is 0.220 e. The zero-order chi connectivity index (χ0) is 15.9. The normalized spacial score (nSPS) is 11.1. The molecule has 0 unspecified atom stereocenters. The first-order valence-electron chi connectivity index (χ1n) is 7.50. The van der Waals surface area contributed by atoms with Crippen LogP contribution in [0.5, 0.6) is 11.5 Å². The lowest BCUT2D eigenvalue weighted by atomic mass is 9.95. The van der Waals surface area contributed by atoms with E-state index in [1.807, 2.05) is 18.2 Å². The minimum absolute atomic E-state index is 0.0751. The summed E-state index contributed by atoms with van der Waals surface area (Å²) in [5, 5.41) is 3.12. The van der Waals surface area contributed by atoms with Gasteiger partial charge in [-0.1, -0.05) is 26.0 Å². The van der Waals surface area contributed by atoms with Crippen molar-refractivity contribution in [3.63, 3.8) is 0 Å². The Bertz CT molecular complexity index is 467. The van der Waals surface area contributed by atoms with Crippen molar-refractivity contribution in [3.05, 3.63) is 23.8 Å². The highest BCUT2D eigenvalue weighted by molar-refractivity contribution is 5.77. The number of carbonyl (C=O) groups is 1. The number of methoxy groups -OCH3 is 2. The van der Waals surface area contributed by atoms with Crippen LogP contribution in [0.1, 0.15) is 45.6 Å². The Hall–Kier alpha value is -1.71. The molecule has 0 atom stereocenters. The molecule has 1 rings (SSSR count). The van der Waals surface area contributed by atoms with Crippen LogP contribution >= 0.6 is 0 Å². The van der Waals surface area contributed by atoms with Gasteiger partial charge in [0, 0.05) is 12.0 Å². The van der Waals surface area contributed by atoms with Crippen LogP contribution in [0.2, 0.25) is 0 Å². The van der Waals surface area contributed by atoms with E-state index in [1.54, 1.807) is 14.2 Å². The van der Waals surface area contributed by atoms with Crippen molar-refractivity contribution in [2.45, 2.75) is 52.0 Å². The second-order valence-electron chi connectivity index (χ2n) is 5.47. The molecular formula is C17H27NO3. The molecule has 1 N–H and O–H groups in total. The Morgan fingerprint density at radius 2 is 1.86 bits per heavy atom. The molecule has 0 aliphatic rings. The van der Waals surface area contributed by atoms with E-state index in [-0.39, 0.29) is 11.4 Å². The fraction of sp³-hybridized carbons (Fsp3) is 0.588. The molecule has 0 aliphatic heterocycles. The lowest BCUT2D eigenvalue weighted by molar-refractivity contribution is -0.122. The van der Waals surface area contributed by atoms with Gasteiger partial charge in [0.05, 0.1) is 14.2 Å². The molecule has 0 aliphatic carbocycles. The first-order chi connectivity index (χ1) is 9.99. The molecule has 4 heteroatoms. The van der Waals surface area contributed by atoms with Gasteiger partial charge in [0.1, 0.15) is 0 Å². The first kappa shape index (κ1) is 17.3. The summed E-state index contributed by atoms with van der Waals surface area (Å²) in [5.41, 5.74) is 0.872. The number of ether oxygens (including phenoxy) is 2. The number of rotatable bonds is 8. The number of benzene rings is 1. The van der Waals surface area contributed by atoms with Crippen LogP contribution in [0.15, 0.2) is 18.2 Å². The van der Waals surface area contributed by atoms with E-state index >= 15 is 0 Å². The van der Waals surface area contributed by atoms with E-state index < -0.39 is 0 Å². The summed E-state index contributed by atoms with van der Waals surface area (Å²) >= 11 is 0. The summed E-state index contributed by atoms with van der Waals surface area (Å²) in [6, 6.07) is 5.73. The quantitative estimate of drug-likeness (QED) is 0.799.